The molecule has 74 valence electrons. The predicted molar refractivity (Wildman–Crippen MR) is 61.0 cm³/mol. The van der Waals surface area contributed by atoms with Crippen molar-refractivity contribution in [3.8, 4) is 0 Å². The van der Waals surface area contributed by atoms with Crippen molar-refractivity contribution in [2.24, 2.45) is 0 Å². The molecule has 0 saturated heterocycles. The van der Waals surface area contributed by atoms with Gasteiger partial charge in [-0.05, 0) is 42.5 Å². The molecule has 1 aromatic carbocycles. The summed E-state index contributed by atoms with van der Waals surface area (Å²) in [4.78, 5) is 0. The lowest BCUT2D eigenvalue weighted by atomic mass is 10.0. The molecule has 0 amide bonds. The van der Waals surface area contributed by atoms with Crippen molar-refractivity contribution in [3.63, 3.8) is 0 Å². The van der Waals surface area contributed by atoms with Gasteiger partial charge in [-0.3, -0.25) is 0 Å². The van der Waals surface area contributed by atoms with Crippen LogP contribution in [0.4, 0.5) is 0 Å². The van der Waals surface area contributed by atoms with Gasteiger partial charge in [-0.2, -0.15) is 0 Å². The van der Waals surface area contributed by atoms with E-state index in [4.69, 9.17) is 0 Å². The molecule has 1 aromatic rings. The Bertz CT molecular complexity index is 340. The number of aliphatic hydroxyl groups excluding tert-OH is 1. The lowest BCUT2D eigenvalue weighted by molar-refractivity contribution is 0.212. The third kappa shape index (κ3) is 2.07. The summed E-state index contributed by atoms with van der Waals surface area (Å²) in [5, 5.41) is 10.0. The van der Waals surface area contributed by atoms with Gasteiger partial charge in [-0.15, -0.1) is 0 Å². The van der Waals surface area contributed by atoms with Crippen LogP contribution in [0.2, 0.25) is 0 Å². The first kappa shape index (κ1) is 9.94. The summed E-state index contributed by atoms with van der Waals surface area (Å²) in [6.45, 7) is 0. The second-order valence-corrected chi connectivity index (χ2v) is 4.54. The van der Waals surface area contributed by atoms with Crippen molar-refractivity contribution in [2.45, 2.75) is 25.4 Å². The molecule has 1 N–H and O–H groups in total. The van der Waals surface area contributed by atoms with Gasteiger partial charge in [0.1, 0.15) is 6.10 Å². The topological polar surface area (TPSA) is 20.2 Å². The van der Waals surface area contributed by atoms with E-state index in [9.17, 15) is 5.11 Å². The quantitative estimate of drug-likeness (QED) is 0.798. The normalized spacial score (nSPS) is 18.0. The molecule has 0 radical (unpaired) electrons. The van der Waals surface area contributed by atoms with Crippen molar-refractivity contribution in [3.05, 3.63) is 46.0 Å². The Kier molecular flexibility index (Phi) is 3.04. The zero-order valence-corrected chi connectivity index (χ0v) is 9.50. The van der Waals surface area contributed by atoms with Gasteiger partial charge >= 0.3 is 0 Å². The fourth-order valence-corrected chi connectivity index (χ4v) is 2.07. The summed E-state index contributed by atoms with van der Waals surface area (Å²) in [7, 11) is 0. The molecule has 0 aliphatic heterocycles. The summed E-state index contributed by atoms with van der Waals surface area (Å²) < 4.78 is 1.05. The smallest absolute Gasteiger partial charge is 0.100 e. The second kappa shape index (κ2) is 4.28. The van der Waals surface area contributed by atoms with Crippen LogP contribution in [0.25, 0.3) is 0 Å². The highest BCUT2D eigenvalue weighted by atomic mass is 79.9. The van der Waals surface area contributed by atoms with Gasteiger partial charge in [0, 0.05) is 4.47 Å². The van der Waals surface area contributed by atoms with Crippen LogP contribution in [0.1, 0.15) is 30.9 Å². The van der Waals surface area contributed by atoms with Crippen LogP contribution in [0, 0.1) is 0 Å². The molecule has 0 bridgehead atoms. The SMILES string of the molecule is OC(C1=CCCC1)c1ccc(Br)cc1. The Hall–Kier alpha value is -0.600. The Morgan fingerprint density at radius 3 is 2.50 bits per heavy atom. The van der Waals surface area contributed by atoms with Crippen LogP contribution >= 0.6 is 15.9 Å². The van der Waals surface area contributed by atoms with Gasteiger partial charge in [0.25, 0.3) is 0 Å². The summed E-state index contributed by atoms with van der Waals surface area (Å²) in [6, 6.07) is 7.87. The first-order valence-electron chi connectivity index (χ1n) is 4.90. The molecule has 0 spiro atoms. The van der Waals surface area contributed by atoms with Crippen molar-refractivity contribution >= 4 is 15.9 Å². The van der Waals surface area contributed by atoms with Crippen LogP contribution in [0.5, 0.6) is 0 Å². The molecule has 1 atom stereocenters. The molecule has 0 heterocycles. The van der Waals surface area contributed by atoms with Crippen LogP contribution < -0.4 is 0 Å². The molecular weight excluding hydrogens is 240 g/mol. The van der Waals surface area contributed by atoms with Gasteiger partial charge in [0.05, 0.1) is 0 Å². The number of halogens is 1. The number of aliphatic hydroxyl groups is 1. The molecule has 1 aliphatic rings. The molecule has 0 aromatic heterocycles. The minimum absolute atomic E-state index is 0.398. The Balaban J connectivity index is 2.18. The van der Waals surface area contributed by atoms with Crippen LogP contribution in [0.15, 0.2) is 40.4 Å². The van der Waals surface area contributed by atoms with E-state index in [0.29, 0.717) is 0 Å². The van der Waals surface area contributed by atoms with Crippen molar-refractivity contribution in [2.75, 3.05) is 0 Å². The molecule has 2 heteroatoms. The fraction of sp³-hybridized carbons (Fsp3) is 0.333. The minimum Gasteiger partial charge on any atom is -0.384 e. The number of rotatable bonds is 2. The molecular formula is C12H13BrO. The van der Waals surface area contributed by atoms with E-state index in [1.54, 1.807) is 0 Å². The van der Waals surface area contributed by atoms with Gasteiger partial charge in [-0.1, -0.05) is 34.1 Å². The lowest BCUT2D eigenvalue weighted by Crippen LogP contribution is -1.99. The van der Waals surface area contributed by atoms with E-state index in [-0.39, 0.29) is 0 Å². The average Bonchev–Trinajstić information content (AvgIpc) is 2.71. The van der Waals surface area contributed by atoms with Crippen LogP contribution in [-0.4, -0.2) is 5.11 Å². The van der Waals surface area contributed by atoms with Gasteiger partial charge in [0.2, 0.25) is 0 Å². The Labute approximate surface area is 92.6 Å². The first-order valence-corrected chi connectivity index (χ1v) is 5.69. The van der Waals surface area contributed by atoms with E-state index in [1.165, 1.54) is 12.0 Å². The van der Waals surface area contributed by atoms with E-state index >= 15 is 0 Å². The molecule has 1 aliphatic carbocycles. The largest absolute Gasteiger partial charge is 0.384 e. The molecule has 1 nitrogen and oxygen atoms in total. The van der Waals surface area contributed by atoms with Crippen molar-refractivity contribution < 1.29 is 5.11 Å². The van der Waals surface area contributed by atoms with Crippen LogP contribution in [0.3, 0.4) is 0 Å². The first-order chi connectivity index (χ1) is 6.77. The number of hydrogen-bond donors (Lipinski definition) is 1. The molecule has 0 saturated carbocycles. The van der Waals surface area contributed by atoms with Crippen molar-refractivity contribution in [1.82, 2.24) is 0 Å². The zero-order chi connectivity index (χ0) is 9.97. The zero-order valence-electron chi connectivity index (χ0n) is 7.91. The van der Waals surface area contributed by atoms with Crippen molar-refractivity contribution in [1.29, 1.82) is 0 Å². The summed E-state index contributed by atoms with van der Waals surface area (Å²) in [6.07, 6.45) is 5.10. The number of allylic oxidation sites excluding steroid dienone is 1. The third-order valence-electron chi connectivity index (χ3n) is 2.61. The monoisotopic (exact) mass is 252 g/mol. The number of benzene rings is 1. The minimum atomic E-state index is -0.398. The standard InChI is InChI=1S/C12H13BrO/c13-11-7-5-10(6-8-11)12(14)9-3-1-2-4-9/h3,5-8,12,14H,1-2,4H2. The highest BCUT2D eigenvalue weighted by Gasteiger charge is 2.15. The molecule has 14 heavy (non-hydrogen) atoms. The van der Waals surface area contributed by atoms with Gasteiger partial charge in [0.15, 0.2) is 0 Å². The molecule has 0 fully saturated rings. The van der Waals surface area contributed by atoms with Gasteiger partial charge < -0.3 is 5.11 Å². The summed E-state index contributed by atoms with van der Waals surface area (Å²) in [5.41, 5.74) is 2.16. The maximum absolute atomic E-state index is 10.0. The van der Waals surface area contributed by atoms with E-state index in [2.05, 4.69) is 22.0 Å². The Morgan fingerprint density at radius 1 is 1.21 bits per heavy atom. The third-order valence-corrected chi connectivity index (χ3v) is 3.14. The summed E-state index contributed by atoms with van der Waals surface area (Å²) >= 11 is 3.38. The molecule has 2 rings (SSSR count). The predicted octanol–water partition coefficient (Wildman–Crippen LogP) is 3.59. The van der Waals surface area contributed by atoms with Crippen LogP contribution in [-0.2, 0) is 0 Å². The maximum Gasteiger partial charge on any atom is 0.100 e. The number of hydrogen-bond acceptors (Lipinski definition) is 1. The van der Waals surface area contributed by atoms with E-state index < -0.39 is 6.10 Å². The second-order valence-electron chi connectivity index (χ2n) is 3.63. The van der Waals surface area contributed by atoms with E-state index in [1.807, 2.05) is 24.3 Å². The van der Waals surface area contributed by atoms with E-state index in [0.717, 1.165) is 22.9 Å². The Morgan fingerprint density at radius 2 is 1.93 bits per heavy atom. The van der Waals surface area contributed by atoms with Gasteiger partial charge in [-0.25, -0.2) is 0 Å². The lowest BCUT2D eigenvalue weighted by Gasteiger charge is -2.12. The highest BCUT2D eigenvalue weighted by Crippen LogP contribution is 2.30. The molecule has 1 unspecified atom stereocenters. The maximum atomic E-state index is 10.0. The highest BCUT2D eigenvalue weighted by molar-refractivity contribution is 9.10. The fourth-order valence-electron chi connectivity index (χ4n) is 1.80. The average molecular weight is 253 g/mol. The summed E-state index contributed by atoms with van der Waals surface area (Å²) in [5.74, 6) is 0.